The van der Waals surface area contributed by atoms with Gasteiger partial charge in [0.05, 0.1) is 5.57 Å². The zero-order valence-corrected chi connectivity index (χ0v) is 19.0. The Morgan fingerprint density at radius 3 is 2.32 bits per heavy atom. The second-order valence-electron chi connectivity index (χ2n) is 8.77. The number of Topliss-reactive ketones (excluding diaryl/α,β-unsaturated/α-hetero) is 1. The fourth-order valence-corrected chi connectivity index (χ4v) is 4.96. The van der Waals surface area contributed by atoms with Gasteiger partial charge in [-0.3, -0.25) is 9.78 Å². The first-order chi connectivity index (χ1) is 16.6. The number of nitrogens with one attached hydrogen (secondary N) is 1. The molecule has 0 fully saturated rings. The minimum Gasteiger partial charge on any atom is -0.457 e. The van der Waals surface area contributed by atoms with E-state index in [4.69, 9.17) is 4.74 Å². The maximum absolute atomic E-state index is 13.6. The van der Waals surface area contributed by atoms with Crippen molar-refractivity contribution < 1.29 is 14.3 Å². The fourth-order valence-electron chi connectivity index (χ4n) is 4.96. The average Bonchev–Trinajstić information content (AvgIpc) is 2.88. The number of benzene rings is 2. The predicted octanol–water partition coefficient (Wildman–Crippen LogP) is 5.19. The molecule has 170 valence electrons. The predicted molar refractivity (Wildman–Crippen MR) is 130 cm³/mol. The molecular weight excluding hydrogens is 424 g/mol. The summed E-state index contributed by atoms with van der Waals surface area (Å²) >= 11 is 0. The third kappa shape index (κ3) is 4.29. The smallest absolute Gasteiger partial charge is 0.337 e. The molecule has 1 aliphatic heterocycles. The Hall–Kier alpha value is -3.99. The maximum atomic E-state index is 13.6. The van der Waals surface area contributed by atoms with Gasteiger partial charge in [-0.15, -0.1) is 0 Å². The molecule has 0 saturated heterocycles. The van der Waals surface area contributed by atoms with E-state index in [9.17, 15) is 9.59 Å². The number of dihydropyridines is 1. The van der Waals surface area contributed by atoms with Crippen molar-refractivity contribution in [1.82, 2.24) is 10.3 Å². The number of aromatic nitrogens is 1. The van der Waals surface area contributed by atoms with Gasteiger partial charge in [0.25, 0.3) is 0 Å². The number of esters is 1. The first-order valence-electron chi connectivity index (χ1n) is 11.5. The standard InChI is InChI=1S/C29H26N2O3/c1-19-26(29(33)34-18-20-8-4-2-5-9-20)27(22-12-14-30-15-13-22)28-24(31-19)16-23(17-25(28)32)21-10-6-3-7-11-21/h2-15,23,27,31H,16-18H2,1H3/t23-,27-/m0/s1. The summed E-state index contributed by atoms with van der Waals surface area (Å²) in [5, 5.41) is 3.40. The molecule has 0 saturated carbocycles. The molecule has 0 unspecified atom stereocenters. The van der Waals surface area contributed by atoms with Crippen LogP contribution in [0.15, 0.2) is 108 Å². The van der Waals surface area contributed by atoms with Crippen LogP contribution in [-0.4, -0.2) is 16.7 Å². The third-order valence-electron chi connectivity index (χ3n) is 6.57. The van der Waals surface area contributed by atoms with E-state index in [2.05, 4.69) is 22.4 Å². The molecule has 0 radical (unpaired) electrons. The normalized spacial score (nSPS) is 20.0. The Bertz CT molecular complexity index is 1260. The monoisotopic (exact) mass is 450 g/mol. The molecule has 0 spiro atoms. The Labute approximate surface area is 199 Å². The number of carbonyl (C=O) groups excluding carboxylic acids is 2. The summed E-state index contributed by atoms with van der Waals surface area (Å²) in [6, 6.07) is 23.5. The lowest BCUT2D eigenvalue weighted by Crippen LogP contribution is -2.36. The highest BCUT2D eigenvalue weighted by molar-refractivity contribution is 6.04. The lowest BCUT2D eigenvalue weighted by Gasteiger charge is -2.36. The SMILES string of the molecule is CC1=C(C(=O)OCc2ccccc2)[C@H](c2ccncc2)C2=C(C[C@H](c3ccccc3)CC2=O)N1. The zero-order valence-electron chi connectivity index (χ0n) is 19.0. The highest BCUT2D eigenvalue weighted by Gasteiger charge is 2.41. The van der Waals surface area contributed by atoms with Crippen molar-refractivity contribution in [3.63, 3.8) is 0 Å². The Kier molecular flexibility index (Phi) is 6.09. The quantitative estimate of drug-likeness (QED) is 0.542. The van der Waals surface area contributed by atoms with Crippen LogP contribution in [0.5, 0.6) is 0 Å². The summed E-state index contributed by atoms with van der Waals surface area (Å²) in [6.07, 6.45) is 4.52. The van der Waals surface area contributed by atoms with Crippen molar-refractivity contribution in [2.24, 2.45) is 0 Å². The summed E-state index contributed by atoms with van der Waals surface area (Å²) in [5.74, 6) is -0.727. The Morgan fingerprint density at radius 2 is 1.62 bits per heavy atom. The van der Waals surface area contributed by atoms with E-state index in [0.717, 1.165) is 34.5 Å². The minimum atomic E-state index is -0.480. The summed E-state index contributed by atoms with van der Waals surface area (Å²) in [4.78, 5) is 31.1. The van der Waals surface area contributed by atoms with Crippen molar-refractivity contribution in [1.29, 1.82) is 0 Å². The highest BCUT2D eigenvalue weighted by atomic mass is 16.5. The van der Waals surface area contributed by atoms with Gasteiger partial charge < -0.3 is 10.1 Å². The average molecular weight is 451 g/mol. The largest absolute Gasteiger partial charge is 0.457 e. The second kappa shape index (κ2) is 9.48. The molecular formula is C29H26N2O3. The molecule has 2 atom stereocenters. The molecule has 5 heteroatoms. The van der Waals surface area contributed by atoms with Gasteiger partial charge in [0.15, 0.2) is 5.78 Å². The summed E-state index contributed by atoms with van der Waals surface area (Å²) in [6.45, 7) is 2.06. The topological polar surface area (TPSA) is 68.3 Å². The van der Waals surface area contributed by atoms with Crippen molar-refractivity contribution >= 4 is 11.8 Å². The molecule has 34 heavy (non-hydrogen) atoms. The lowest BCUT2D eigenvalue weighted by molar-refractivity contribution is -0.140. The summed E-state index contributed by atoms with van der Waals surface area (Å²) in [5.41, 5.74) is 5.69. The molecule has 5 rings (SSSR count). The van der Waals surface area contributed by atoms with Crippen LogP contribution in [0.1, 0.15) is 48.3 Å². The molecule has 1 aliphatic carbocycles. The van der Waals surface area contributed by atoms with Crippen LogP contribution < -0.4 is 5.32 Å². The second-order valence-corrected chi connectivity index (χ2v) is 8.77. The van der Waals surface area contributed by atoms with Crippen LogP contribution in [0.25, 0.3) is 0 Å². The van der Waals surface area contributed by atoms with Crippen LogP contribution >= 0.6 is 0 Å². The van der Waals surface area contributed by atoms with Crippen LogP contribution in [-0.2, 0) is 20.9 Å². The number of rotatable bonds is 5. The molecule has 2 heterocycles. The number of hydrogen-bond donors (Lipinski definition) is 1. The molecule has 1 aromatic heterocycles. The highest BCUT2D eigenvalue weighted by Crippen LogP contribution is 2.45. The third-order valence-corrected chi connectivity index (χ3v) is 6.57. The van der Waals surface area contributed by atoms with E-state index in [0.29, 0.717) is 17.6 Å². The number of ether oxygens (including phenoxy) is 1. The number of nitrogens with zero attached hydrogens (tertiary/aromatic N) is 1. The van der Waals surface area contributed by atoms with Gasteiger partial charge in [0, 0.05) is 41.7 Å². The van der Waals surface area contributed by atoms with E-state index in [1.54, 1.807) is 12.4 Å². The Balaban J connectivity index is 1.50. The van der Waals surface area contributed by atoms with Gasteiger partial charge in [0.2, 0.25) is 0 Å². The molecule has 0 bridgehead atoms. The van der Waals surface area contributed by atoms with Crippen molar-refractivity contribution in [3.8, 4) is 0 Å². The number of allylic oxidation sites excluding steroid dienone is 3. The first kappa shape index (κ1) is 21.8. The molecule has 3 aromatic rings. The van der Waals surface area contributed by atoms with E-state index in [1.807, 2.05) is 67.6 Å². The van der Waals surface area contributed by atoms with E-state index in [-0.39, 0.29) is 18.3 Å². The molecule has 2 aliphatic rings. The number of pyridine rings is 1. The van der Waals surface area contributed by atoms with Gasteiger partial charge in [0.1, 0.15) is 6.61 Å². The summed E-state index contributed by atoms with van der Waals surface area (Å²) in [7, 11) is 0. The number of carbonyl (C=O) groups is 2. The van der Waals surface area contributed by atoms with Crippen molar-refractivity contribution in [2.45, 2.75) is 38.2 Å². The fraction of sp³-hybridized carbons (Fsp3) is 0.207. The van der Waals surface area contributed by atoms with Crippen molar-refractivity contribution in [3.05, 3.63) is 124 Å². The van der Waals surface area contributed by atoms with Gasteiger partial charge in [-0.2, -0.15) is 0 Å². The van der Waals surface area contributed by atoms with E-state index < -0.39 is 11.9 Å². The summed E-state index contributed by atoms with van der Waals surface area (Å²) < 4.78 is 5.71. The molecule has 5 nitrogen and oxygen atoms in total. The molecule has 1 N–H and O–H groups in total. The van der Waals surface area contributed by atoms with Gasteiger partial charge >= 0.3 is 5.97 Å². The minimum absolute atomic E-state index is 0.0604. The molecule has 2 aromatic carbocycles. The number of ketones is 1. The van der Waals surface area contributed by atoms with Crippen LogP contribution in [0.3, 0.4) is 0 Å². The van der Waals surface area contributed by atoms with E-state index >= 15 is 0 Å². The number of hydrogen-bond acceptors (Lipinski definition) is 5. The maximum Gasteiger partial charge on any atom is 0.337 e. The van der Waals surface area contributed by atoms with Gasteiger partial charge in [-0.1, -0.05) is 60.7 Å². The van der Waals surface area contributed by atoms with Crippen molar-refractivity contribution in [2.75, 3.05) is 0 Å². The lowest BCUT2D eigenvalue weighted by atomic mass is 9.72. The zero-order chi connectivity index (χ0) is 23.5. The first-order valence-corrected chi connectivity index (χ1v) is 11.5. The molecule has 0 amide bonds. The van der Waals surface area contributed by atoms with Gasteiger partial charge in [-0.25, -0.2) is 4.79 Å². The van der Waals surface area contributed by atoms with Crippen LogP contribution in [0.4, 0.5) is 0 Å². The Morgan fingerprint density at radius 1 is 0.941 bits per heavy atom. The van der Waals surface area contributed by atoms with E-state index in [1.165, 1.54) is 0 Å². The van der Waals surface area contributed by atoms with Crippen LogP contribution in [0.2, 0.25) is 0 Å². The van der Waals surface area contributed by atoms with Gasteiger partial charge in [-0.05, 0) is 48.1 Å². The van der Waals surface area contributed by atoms with Crippen LogP contribution in [0, 0.1) is 0 Å².